The molecule has 3 rings (SSSR count). The van der Waals surface area contributed by atoms with Crippen LogP contribution in [0.1, 0.15) is 25.3 Å². The van der Waals surface area contributed by atoms with Crippen molar-refractivity contribution in [3.8, 4) is 0 Å². The molecule has 0 spiro atoms. The fourth-order valence-electron chi connectivity index (χ4n) is 2.65. The van der Waals surface area contributed by atoms with Crippen molar-refractivity contribution in [1.29, 1.82) is 0 Å². The molecule has 0 unspecified atom stereocenters. The van der Waals surface area contributed by atoms with Crippen molar-refractivity contribution in [2.24, 2.45) is 0 Å². The highest BCUT2D eigenvalue weighted by Crippen LogP contribution is 2.21. The molecule has 0 bridgehead atoms. The smallest absolute Gasteiger partial charge is 0.219 e. The summed E-state index contributed by atoms with van der Waals surface area (Å²) in [5, 5.41) is 3.53. The summed E-state index contributed by atoms with van der Waals surface area (Å²) in [6, 6.07) is 9.58. The van der Waals surface area contributed by atoms with Crippen molar-refractivity contribution in [2.45, 2.75) is 32.4 Å². The van der Waals surface area contributed by atoms with Gasteiger partial charge in [0, 0.05) is 51.4 Å². The molecule has 108 valence electrons. The molecule has 4 heteroatoms. The van der Waals surface area contributed by atoms with Crippen LogP contribution in [-0.2, 0) is 11.3 Å². The normalized spacial score (nSPS) is 19.2. The zero-order chi connectivity index (χ0) is 13.9. The van der Waals surface area contributed by atoms with E-state index in [1.807, 2.05) is 4.90 Å². The van der Waals surface area contributed by atoms with Crippen molar-refractivity contribution >= 4 is 11.6 Å². The molecule has 2 aliphatic rings. The number of piperazine rings is 1. The minimum atomic E-state index is 0.186. The summed E-state index contributed by atoms with van der Waals surface area (Å²) in [6.07, 6.45) is 2.66. The molecule has 1 heterocycles. The highest BCUT2D eigenvalue weighted by atomic mass is 16.2. The lowest BCUT2D eigenvalue weighted by atomic mass is 10.1. The lowest BCUT2D eigenvalue weighted by Crippen LogP contribution is -2.48. The van der Waals surface area contributed by atoms with Gasteiger partial charge in [0.1, 0.15) is 0 Å². The highest BCUT2D eigenvalue weighted by Gasteiger charge is 2.20. The van der Waals surface area contributed by atoms with Crippen LogP contribution in [0.5, 0.6) is 0 Å². The zero-order valence-electron chi connectivity index (χ0n) is 12.1. The van der Waals surface area contributed by atoms with E-state index in [2.05, 4.69) is 34.5 Å². The number of anilines is 1. The standard InChI is InChI=1S/C16H23N3O/c1-13(20)18-8-10-19(11-9-18)16-6-2-14(3-7-16)12-17-15-4-5-15/h2-3,6-7,15,17H,4-5,8-12H2,1H3. The maximum Gasteiger partial charge on any atom is 0.219 e. The second kappa shape index (κ2) is 5.83. The fourth-order valence-corrected chi connectivity index (χ4v) is 2.65. The van der Waals surface area contributed by atoms with Crippen molar-refractivity contribution < 1.29 is 4.79 Å². The van der Waals surface area contributed by atoms with Crippen molar-refractivity contribution in [2.75, 3.05) is 31.1 Å². The Bertz CT molecular complexity index is 459. The van der Waals surface area contributed by atoms with Crippen LogP contribution in [0.4, 0.5) is 5.69 Å². The predicted molar refractivity (Wildman–Crippen MR) is 80.8 cm³/mol. The van der Waals surface area contributed by atoms with E-state index in [-0.39, 0.29) is 5.91 Å². The predicted octanol–water partition coefficient (Wildman–Crippen LogP) is 1.61. The topological polar surface area (TPSA) is 35.6 Å². The van der Waals surface area contributed by atoms with Gasteiger partial charge in [-0.2, -0.15) is 0 Å². The number of nitrogens with zero attached hydrogens (tertiary/aromatic N) is 2. The van der Waals surface area contributed by atoms with E-state index in [1.54, 1.807) is 6.92 Å². The number of carbonyl (C=O) groups is 1. The molecule has 0 radical (unpaired) electrons. The average Bonchev–Trinajstić information content (AvgIpc) is 3.30. The molecule has 0 aromatic heterocycles. The Morgan fingerprint density at radius 3 is 2.35 bits per heavy atom. The second-order valence-corrected chi connectivity index (χ2v) is 5.81. The van der Waals surface area contributed by atoms with Crippen LogP contribution >= 0.6 is 0 Å². The summed E-state index contributed by atoms with van der Waals surface area (Å²) in [5.74, 6) is 0.186. The van der Waals surface area contributed by atoms with Crippen LogP contribution in [0, 0.1) is 0 Å². The molecule has 1 amide bonds. The first-order valence-corrected chi connectivity index (χ1v) is 7.55. The molecule has 1 aromatic rings. The molecule has 1 N–H and O–H groups in total. The first-order chi connectivity index (χ1) is 9.72. The van der Waals surface area contributed by atoms with E-state index in [4.69, 9.17) is 0 Å². The number of nitrogens with one attached hydrogen (secondary N) is 1. The van der Waals surface area contributed by atoms with Crippen LogP contribution in [0.3, 0.4) is 0 Å². The Hall–Kier alpha value is -1.55. The SMILES string of the molecule is CC(=O)N1CCN(c2ccc(CNC3CC3)cc2)CC1. The Kier molecular flexibility index (Phi) is 3.92. The van der Waals surface area contributed by atoms with Gasteiger partial charge in [-0.1, -0.05) is 12.1 Å². The number of rotatable bonds is 4. The maximum absolute atomic E-state index is 11.3. The largest absolute Gasteiger partial charge is 0.368 e. The monoisotopic (exact) mass is 273 g/mol. The van der Waals surface area contributed by atoms with Crippen molar-refractivity contribution in [3.05, 3.63) is 29.8 Å². The van der Waals surface area contributed by atoms with Gasteiger partial charge >= 0.3 is 0 Å². The lowest BCUT2D eigenvalue weighted by molar-refractivity contribution is -0.129. The lowest BCUT2D eigenvalue weighted by Gasteiger charge is -2.35. The molecule has 1 aliphatic carbocycles. The first-order valence-electron chi connectivity index (χ1n) is 7.55. The number of amides is 1. The van der Waals surface area contributed by atoms with Gasteiger partial charge in [-0.25, -0.2) is 0 Å². The minimum absolute atomic E-state index is 0.186. The molecular weight excluding hydrogens is 250 g/mol. The van der Waals surface area contributed by atoms with E-state index in [0.29, 0.717) is 0 Å². The van der Waals surface area contributed by atoms with Crippen LogP contribution in [0.25, 0.3) is 0 Å². The maximum atomic E-state index is 11.3. The van der Waals surface area contributed by atoms with Gasteiger partial charge in [0.2, 0.25) is 5.91 Å². The molecule has 0 atom stereocenters. The molecule has 2 fully saturated rings. The molecule has 1 saturated heterocycles. The Balaban J connectivity index is 1.53. The number of hydrogen-bond donors (Lipinski definition) is 1. The fraction of sp³-hybridized carbons (Fsp3) is 0.562. The van der Waals surface area contributed by atoms with Crippen molar-refractivity contribution in [3.63, 3.8) is 0 Å². The summed E-state index contributed by atoms with van der Waals surface area (Å²) in [4.78, 5) is 15.6. The van der Waals surface area contributed by atoms with E-state index < -0.39 is 0 Å². The van der Waals surface area contributed by atoms with Gasteiger partial charge in [0.25, 0.3) is 0 Å². The summed E-state index contributed by atoms with van der Waals surface area (Å²) >= 11 is 0. The van der Waals surface area contributed by atoms with Gasteiger partial charge in [-0.3, -0.25) is 4.79 Å². The third kappa shape index (κ3) is 3.31. The van der Waals surface area contributed by atoms with Gasteiger partial charge < -0.3 is 15.1 Å². The summed E-state index contributed by atoms with van der Waals surface area (Å²) in [6.45, 7) is 6.15. The van der Waals surface area contributed by atoms with Crippen LogP contribution < -0.4 is 10.2 Å². The highest BCUT2D eigenvalue weighted by molar-refractivity contribution is 5.73. The third-order valence-corrected chi connectivity index (χ3v) is 4.20. The van der Waals surface area contributed by atoms with Crippen LogP contribution in [0.2, 0.25) is 0 Å². The Morgan fingerprint density at radius 1 is 1.15 bits per heavy atom. The van der Waals surface area contributed by atoms with Gasteiger partial charge in [-0.15, -0.1) is 0 Å². The summed E-state index contributed by atoms with van der Waals surface area (Å²) < 4.78 is 0. The Morgan fingerprint density at radius 2 is 1.80 bits per heavy atom. The molecule has 1 aromatic carbocycles. The van der Waals surface area contributed by atoms with E-state index in [0.717, 1.165) is 38.8 Å². The molecule has 1 saturated carbocycles. The van der Waals surface area contributed by atoms with E-state index in [1.165, 1.54) is 24.1 Å². The van der Waals surface area contributed by atoms with E-state index in [9.17, 15) is 4.79 Å². The zero-order valence-corrected chi connectivity index (χ0v) is 12.1. The number of hydrogen-bond acceptors (Lipinski definition) is 3. The molecule has 20 heavy (non-hydrogen) atoms. The molecule has 4 nitrogen and oxygen atoms in total. The average molecular weight is 273 g/mol. The number of carbonyl (C=O) groups excluding carboxylic acids is 1. The molecular formula is C16H23N3O. The van der Waals surface area contributed by atoms with E-state index >= 15 is 0 Å². The second-order valence-electron chi connectivity index (χ2n) is 5.81. The summed E-state index contributed by atoms with van der Waals surface area (Å²) in [7, 11) is 0. The van der Waals surface area contributed by atoms with Gasteiger partial charge in [-0.05, 0) is 30.5 Å². The Labute approximate surface area is 120 Å². The van der Waals surface area contributed by atoms with Crippen LogP contribution in [0.15, 0.2) is 24.3 Å². The third-order valence-electron chi connectivity index (χ3n) is 4.20. The van der Waals surface area contributed by atoms with Gasteiger partial charge in [0.05, 0.1) is 0 Å². The quantitative estimate of drug-likeness (QED) is 0.905. The minimum Gasteiger partial charge on any atom is -0.368 e. The van der Waals surface area contributed by atoms with Crippen LogP contribution in [-0.4, -0.2) is 43.0 Å². The summed E-state index contributed by atoms with van der Waals surface area (Å²) in [5.41, 5.74) is 2.62. The van der Waals surface area contributed by atoms with Gasteiger partial charge in [0.15, 0.2) is 0 Å². The van der Waals surface area contributed by atoms with Crippen molar-refractivity contribution in [1.82, 2.24) is 10.2 Å². The molecule has 1 aliphatic heterocycles. The number of benzene rings is 1. The first kappa shape index (κ1) is 13.4.